The Bertz CT molecular complexity index is 427. The van der Waals surface area contributed by atoms with Crippen LogP contribution in [0.4, 0.5) is 0 Å². The maximum Gasteiger partial charge on any atom is 0.291 e. The van der Waals surface area contributed by atoms with E-state index in [1.807, 2.05) is 0 Å². The molecule has 94 valence electrons. The summed E-state index contributed by atoms with van der Waals surface area (Å²) < 4.78 is 5.32. The summed E-state index contributed by atoms with van der Waals surface area (Å²) in [6.07, 6.45) is 1.20. The van der Waals surface area contributed by atoms with E-state index in [9.17, 15) is 9.90 Å². The van der Waals surface area contributed by atoms with Crippen LogP contribution in [-0.2, 0) is 0 Å². The van der Waals surface area contributed by atoms with Crippen LogP contribution in [0, 0.1) is 13.8 Å². The van der Waals surface area contributed by atoms with Crippen molar-refractivity contribution in [3.05, 3.63) is 17.3 Å². The molecule has 1 fully saturated rings. The number of oxazole rings is 1. The van der Waals surface area contributed by atoms with Crippen molar-refractivity contribution < 1.29 is 14.3 Å². The van der Waals surface area contributed by atoms with Gasteiger partial charge in [0, 0.05) is 20.0 Å². The van der Waals surface area contributed by atoms with Crippen LogP contribution < -0.4 is 0 Å². The van der Waals surface area contributed by atoms with Gasteiger partial charge < -0.3 is 14.4 Å². The van der Waals surface area contributed by atoms with Crippen LogP contribution >= 0.6 is 0 Å². The number of aromatic nitrogens is 1. The number of hydrogen-bond acceptors (Lipinski definition) is 4. The third kappa shape index (κ3) is 2.49. The minimum atomic E-state index is -0.650. The number of rotatable bonds is 1. The Morgan fingerprint density at radius 2 is 2.00 bits per heavy atom. The molecule has 2 heterocycles. The molecule has 1 aliphatic rings. The Morgan fingerprint density at radius 1 is 1.41 bits per heavy atom. The van der Waals surface area contributed by atoms with Gasteiger partial charge in [0.05, 0.1) is 11.3 Å². The second-order valence-corrected chi connectivity index (χ2v) is 4.94. The van der Waals surface area contributed by atoms with Crippen molar-refractivity contribution in [1.29, 1.82) is 0 Å². The van der Waals surface area contributed by atoms with Crippen LogP contribution in [0.3, 0.4) is 0 Å². The van der Waals surface area contributed by atoms with Gasteiger partial charge in [-0.15, -0.1) is 0 Å². The van der Waals surface area contributed by atoms with Gasteiger partial charge in [0.1, 0.15) is 0 Å². The highest BCUT2D eigenvalue weighted by atomic mass is 16.4. The Balaban J connectivity index is 2.09. The molecule has 1 aliphatic heterocycles. The number of carbonyl (C=O) groups excluding carboxylic acids is 1. The van der Waals surface area contributed by atoms with Gasteiger partial charge in [0.2, 0.25) is 5.76 Å². The molecule has 5 heteroatoms. The lowest BCUT2D eigenvalue weighted by Crippen LogP contribution is -2.45. The highest BCUT2D eigenvalue weighted by molar-refractivity contribution is 5.92. The first-order chi connectivity index (χ1) is 7.89. The number of likely N-dealkylation sites (tertiary alicyclic amines) is 1. The van der Waals surface area contributed by atoms with Crippen LogP contribution in [0.5, 0.6) is 0 Å². The number of hydrogen-bond donors (Lipinski definition) is 1. The Hall–Kier alpha value is -1.36. The molecule has 0 aromatic carbocycles. The molecule has 0 radical (unpaired) electrons. The van der Waals surface area contributed by atoms with Crippen LogP contribution in [0.25, 0.3) is 0 Å². The molecular formula is C12H18N2O3. The lowest BCUT2D eigenvalue weighted by Gasteiger charge is -2.35. The van der Waals surface area contributed by atoms with Crippen molar-refractivity contribution in [3.8, 4) is 0 Å². The minimum absolute atomic E-state index is 0.126. The van der Waals surface area contributed by atoms with Crippen LogP contribution in [0.1, 0.15) is 41.9 Å². The summed E-state index contributed by atoms with van der Waals surface area (Å²) in [5, 5.41) is 9.83. The summed E-state index contributed by atoms with van der Waals surface area (Å²) in [5.41, 5.74) is -0.0202. The van der Waals surface area contributed by atoms with Gasteiger partial charge in [-0.2, -0.15) is 0 Å². The van der Waals surface area contributed by atoms with Crippen molar-refractivity contribution in [2.75, 3.05) is 13.1 Å². The molecule has 1 aromatic heterocycles. The zero-order valence-corrected chi connectivity index (χ0v) is 10.5. The fourth-order valence-corrected chi connectivity index (χ4v) is 2.06. The molecule has 0 bridgehead atoms. The van der Waals surface area contributed by atoms with Gasteiger partial charge in [-0.3, -0.25) is 4.79 Å². The van der Waals surface area contributed by atoms with Crippen molar-refractivity contribution in [2.45, 2.75) is 39.2 Å². The lowest BCUT2D eigenvalue weighted by molar-refractivity contribution is -0.00293. The van der Waals surface area contributed by atoms with Gasteiger partial charge in [0.15, 0.2) is 5.89 Å². The van der Waals surface area contributed by atoms with Gasteiger partial charge >= 0.3 is 0 Å². The third-order valence-corrected chi connectivity index (χ3v) is 3.23. The molecule has 1 N–H and O–H groups in total. The zero-order valence-electron chi connectivity index (χ0n) is 10.5. The zero-order chi connectivity index (χ0) is 12.6. The van der Waals surface area contributed by atoms with Gasteiger partial charge in [0.25, 0.3) is 5.91 Å². The van der Waals surface area contributed by atoms with E-state index in [0.717, 1.165) is 0 Å². The number of aryl methyl sites for hydroxylation is 2. The normalized spacial score (nSPS) is 19.4. The van der Waals surface area contributed by atoms with Gasteiger partial charge in [-0.05, 0) is 26.7 Å². The first-order valence-electron chi connectivity index (χ1n) is 5.85. The highest BCUT2D eigenvalue weighted by Gasteiger charge is 2.31. The second-order valence-electron chi connectivity index (χ2n) is 4.94. The number of amides is 1. The predicted octanol–water partition coefficient (Wildman–Crippen LogP) is 1.28. The molecule has 0 spiro atoms. The second kappa shape index (κ2) is 4.14. The monoisotopic (exact) mass is 238 g/mol. The SMILES string of the molecule is Cc1nc(C)c(C(=O)N2CCC(C)(O)CC2)o1. The van der Waals surface area contributed by atoms with E-state index in [2.05, 4.69) is 4.98 Å². The Morgan fingerprint density at radius 3 is 2.47 bits per heavy atom. The summed E-state index contributed by atoms with van der Waals surface area (Å²) in [6.45, 7) is 6.42. The van der Waals surface area contributed by atoms with E-state index < -0.39 is 5.60 Å². The Labute approximate surface area is 100 Å². The fourth-order valence-electron chi connectivity index (χ4n) is 2.06. The molecule has 2 rings (SSSR count). The number of piperidine rings is 1. The smallest absolute Gasteiger partial charge is 0.291 e. The number of aliphatic hydroxyl groups is 1. The maximum atomic E-state index is 12.2. The highest BCUT2D eigenvalue weighted by Crippen LogP contribution is 2.23. The summed E-state index contributed by atoms with van der Waals surface area (Å²) >= 11 is 0. The van der Waals surface area contributed by atoms with Crippen LogP contribution in [0.15, 0.2) is 4.42 Å². The van der Waals surface area contributed by atoms with Crippen molar-refractivity contribution in [3.63, 3.8) is 0 Å². The molecule has 17 heavy (non-hydrogen) atoms. The quantitative estimate of drug-likeness (QED) is 0.800. The summed E-state index contributed by atoms with van der Waals surface area (Å²) in [5.74, 6) is 0.706. The third-order valence-electron chi connectivity index (χ3n) is 3.23. The molecule has 5 nitrogen and oxygen atoms in total. The van der Waals surface area contributed by atoms with E-state index in [0.29, 0.717) is 43.3 Å². The van der Waals surface area contributed by atoms with Crippen LogP contribution in [0.2, 0.25) is 0 Å². The molecule has 0 saturated carbocycles. The minimum Gasteiger partial charge on any atom is -0.436 e. The van der Waals surface area contributed by atoms with Crippen LogP contribution in [-0.4, -0.2) is 39.6 Å². The van der Waals surface area contributed by atoms with E-state index in [-0.39, 0.29) is 5.91 Å². The lowest BCUT2D eigenvalue weighted by atomic mass is 9.94. The molecular weight excluding hydrogens is 220 g/mol. The molecule has 1 aromatic rings. The van der Waals surface area contributed by atoms with Gasteiger partial charge in [-0.25, -0.2) is 4.98 Å². The molecule has 0 unspecified atom stereocenters. The largest absolute Gasteiger partial charge is 0.436 e. The van der Waals surface area contributed by atoms with Crippen molar-refractivity contribution in [2.24, 2.45) is 0 Å². The predicted molar refractivity (Wildman–Crippen MR) is 61.7 cm³/mol. The number of nitrogens with zero attached hydrogens (tertiary/aromatic N) is 2. The van der Waals surface area contributed by atoms with Gasteiger partial charge in [-0.1, -0.05) is 0 Å². The summed E-state index contributed by atoms with van der Waals surface area (Å²) in [6, 6.07) is 0. The molecule has 0 aliphatic carbocycles. The fraction of sp³-hybridized carbons (Fsp3) is 0.667. The van der Waals surface area contributed by atoms with E-state index in [1.54, 1.807) is 25.7 Å². The van der Waals surface area contributed by atoms with E-state index >= 15 is 0 Å². The standard InChI is InChI=1S/C12H18N2O3/c1-8-10(17-9(2)13-8)11(15)14-6-4-12(3,16)5-7-14/h16H,4-7H2,1-3H3. The average molecular weight is 238 g/mol. The maximum absolute atomic E-state index is 12.2. The topological polar surface area (TPSA) is 66.6 Å². The molecule has 1 amide bonds. The Kier molecular flexibility index (Phi) is 2.95. The average Bonchev–Trinajstić information content (AvgIpc) is 2.57. The van der Waals surface area contributed by atoms with Crippen molar-refractivity contribution in [1.82, 2.24) is 9.88 Å². The number of carbonyl (C=O) groups is 1. The van der Waals surface area contributed by atoms with E-state index in [1.165, 1.54) is 0 Å². The summed E-state index contributed by atoms with van der Waals surface area (Å²) in [7, 11) is 0. The summed E-state index contributed by atoms with van der Waals surface area (Å²) in [4.78, 5) is 18.0. The molecule has 0 atom stereocenters. The first kappa shape index (κ1) is 12.1. The molecule has 1 saturated heterocycles. The van der Waals surface area contributed by atoms with Crippen molar-refractivity contribution >= 4 is 5.91 Å². The van der Waals surface area contributed by atoms with E-state index in [4.69, 9.17) is 4.42 Å². The first-order valence-corrected chi connectivity index (χ1v) is 5.85.